The summed E-state index contributed by atoms with van der Waals surface area (Å²) in [5, 5.41) is 21.2. The monoisotopic (exact) mass is 409 g/mol. The first-order chi connectivity index (χ1) is 13.7. The summed E-state index contributed by atoms with van der Waals surface area (Å²) in [5.41, 5.74) is -0.216. The lowest BCUT2D eigenvalue weighted by Gasteiger charge is -2.44. The van der Waals surface area contributed by atoms with Crippen LogP contribution >= 0.6 is 11.6 Å². The molecular formula is C23H40ClN3O. The van der Waals surface area contributed by atoms with Gasteiger partial charge in [0.2, 0.25) is 0 Å². The Morgan fingerprint density at radius 3 is 2.75 bits per heavy atom. The number of allylic oxidation sites excluding steroid dienone is 3. The highest BCUT2D eigenvalue weighted by Crippen LogP contribution is 2.31. The fourth-order valence-electron chi connectivity index (χ4n) is 5.17. The Bertz CT molecular complexity index is 512. The minimum Gasteiger partial charge on any atom is -0.393 e. The van der Waals surface area contributed by atoms with E-state index in [1.54, 1.807) is 0 Å². The number of hydrogen-bond donors (Lipinski definition) is 4. The molecule has 28 heavy (non-hydrogen) atoms. The van der Waals surface area contributed by atoms with E-state index in [0.717, 1.165) is 38.6 Å². The van der Waals surface area contributed by atoms with Crippen molar-refractivity contribution in [3.63, 3.8) is 0 Å². The topological polar surface area (TPSA) is 56.3 Å². The molecule has 1 heterocycles. The maximum Gasteiger partial charge on any atom is 0.136 e. The van der Waals surface area contributed by atoms with Crippen LogP contribution in [0.2, 0.25) is 0 Å². The van der Waals surface area contributed by atoms with E-state index in [2.05, 4.69) is 47.2 Å². The molecule has 0 spiro atoms. The number of alkyl halides is 1. The van der Waals surface area contributed by atoms with Crippen molar-refractivity contribution in [2.45, 2.75) is 95.1 Å². The molecule has 4 nitrogen and oxygen atoms in total. The minimum absolute atomic E-state index is 0.155. The third-order valence-electron chi connectivity index (χ3n) is 6.82. The van der Waals surface area contributed by atoms with Gasteiger partial charge in [-0.15, -0.1) is 0 Å². The molecule has 4 N–H and O–H groups in total. The SMILES string of the molecule is CC/C=C\CC1NC(Cl)NC(NCC2CCCCC2O)C1CC1C=CCCC1. The molecule has 2 aliphatic carbocycles. The first-order valence-electron chi connectivity index (χ1n) is 11.6. The maximum absolute atomic E-state index is 10.4. The van der Waals surface area contributed by atoms with E-state index in [1.807, 2.05) is 0 Å². The van der Waals surface area contributed by atoms with Gasteiger partial charge in [0.25, 0.3) is 0 Å². The predicted octanol–water partition coefficient (Wildman–Crippen LogP) is 4.26. The maximum atomic E-state index is 10.4. The van der Waals surface area contributed by atoms with E-state index < -0.39 is 0 Å². The largest absolute Gasteiger partial charge is 0.393 e. The number of aliphatic hydroxyl groups is 1. The van der Waals surface area contributed by atoms with Crippen LogP contribution in [0.1, 0.15) is 71.1 Å². The van der Waals surface area contributed by atoms with Crippen LogP contribution in [0.15, 0.2) is 24.3 Å². The second kappa shape index (κ2) is 11.7. The minimum atomic E-state index is -0.216. The Kier molecular flexibility index (Phi) is 9.32. The molecule has 0 amide bonds. The third-order valence-corrected chi connectivity index (χ3v) is 7.07. The van der Waals surface area contributed by atoms with Gasteiger partial charge in [-0.1, -0.05) is 55.7 Å². The quantitative estimate of drug-likeness (QED) is 0.275. The van der Waals surface area contributed by atoms with E-state index in [0.29, 0.717) is 23.8 Å². The van der Waals surface area contributed by atoms with Gasteiger partial charge in [0.1, 0.15) is 5.62 Å². The van der Waals surface area contributed by atoms with Gasteiger partial charge in [-0.3, -0.25) is 10.6 Å². The smallest absolute Gasteiger partial charge is 0.136 e. The number of halogens is 1. The van der Waals surface area contributed by atoms with Gasteiger partial charge in [-0.25, -0.2) is 0 Å². The average Bonchev–Trinajstić information content (AvgIpc) is 2.70. The van der Waals surface area contributed by atoms with E-state index in [4.69, 9.17) is 11.6 Å². The molecule has 1 saturated carbocycles. The van der Waals surface area contributed by atoms with E-state index >= 15 is 0 Å². The second-order valence-electron chi connectivity index (χ2n) is 8.93. The summed E-state index contributed by atoms with van der Waals surface area (Å²) < 4.78 is 0. The zero-order valence-electron chi connectivity index (χ0n) is 17.5. The summed E-state index contributed by atoms with van der Waals surface area (Å²) in [4.78, 5) is 0. The van der Waals surface area contributed by atoms with Crippen LogP contribution in [0, 0.1) is 17.8 Å². The van der Waals surface area contributed by atoms with Crippen LogP contribution < -0.4 is 16.0 Å². The molecule has 5 heteroatoms. The number of hydrogen-bond acceptors (Lipinski definition) is 4. The molecule has 1 aliphatic heterocycles. The Morgan fingerprint density at radius 2 is 2.00 bits per heavy atom. The molecule has 0 bridgehead atoms. The van der Waals surface area contributed by atoms with Gasteiger partial charge in [0.15, 0.2) is 0 Å². The van der Waals surface area contributed by atoms with Crippen LogP contribution in [0.5, 0.6) is 0 Å². The second-order valence-corrected chi connectivity index (χ2v) is 9.37. The van der Waals surface area contributed by atoms with E-state index in [-0.39, 0.29) is 17.9 Å². The molecule has 3 rings (SSSR count). The zero-order chi connectivity index (χ0) is 19.8. The standard InChI is InChI=1S/C23H40ClN3O/c1-2-3-5-13-20-19(15-17-10-6-4-7-11-17)22(27-23(24)26-20)25-16-18-12-8-9-14-21(18)28/h3,5-6,10,17-23,25-28H,2,4,7-9,11-16H2,1H3/b5-3-. The van der Waals surface area contributed by atoms with Gasteiger partial charge < -0.3 is 10.4 Å². The van der Waals surface area contributed by atoms with Gasteiger partial charge in [-0.2, -0.15) is 0 Å². The molecule has 3 aliphatic rings. The summed E-state index contributed by atoms with van der Waals surface area (Å²) in [6, 6.07) is 0.371. The first-order valence-corrected chi connectivity index (χ1v) is 12.0. The number of rotatable bonds is 8. The normalized spacial score (nSPS) is 39.5. The molecule has 160 valence electrons. The Balaban J connectivity index is 1.66. The van der Waals surface area contributed by atoms with Gasteiger partial charge >= 0.3 is 0 Å². The number of nitrogens with one attached hydrogen (secondary N) is 3. The molecule has 7 unspecified atom stereocenters. The molecule has 0 aromatic carbocycles. The van der Waals surface area contributed by atoms with Crippen LogP contribution in [0.25, 0.3) is 0 Å². The Morgan fingerprint density at radius 1 is 1.14 bits per heavy atom. The van der Waals surface area contributed by atoms with Crippen LogP contribution in [0.4, 0.5) is 0 Å². The highest BCUT2D eigenvalue weighted by molar-refractivity contribution is 6.20. The molecule has 7 atom stereocenters. The van der Waals surface area contributed by atoms with E-state index in [9.17, 15) is 5.11 Å². The fourth-order valence-corrected chi connectivity index (χ4v) is 5.47. The van der Waals surface area contributed by atoms with Crippen molar-refractivity contribution in [2.75, 3.05) is 6.54 Å². The third kappa shape index (κ3) is 6.56. The molecule has 0 radical (unpaired) electrons. The lowest BCUT2D eigenvalue weighted by atomic mass is 9.80. The summed E-state index contributed by atoms with van der Waals surface area (Å²) in [7, 11) is 0. The molecule has 0 aromatic rings. The summed E-state index contributed by atoms with van der Waals surface area (Å²) in [5.74, 6) is 1.51. The fraction of sp³-hybridized carbons (Fsp3) is 0.826. The molecular weight excluding hydrogens is 370 g/mol. The zero-order valence-corrected chi connectivity index (χ0v) is 18.2. The molecule has 1 saturated heterocycles. The highest BCUT2D eigenvalue weighted by atomic mass is 35.5. The van der Waals surface area contributed by atoms with Crippen molar-refractivity contribution in [1.82, 2.24) is 16.0 Å². The van der Waals surface area contributed by atoms with Gasteiger partial charge in [-0.05, 0) is 63.2 Å². The lowest BCUT2D eigenvalue weighted by molar-refractivity contribution is 0.0600. The van der Waals surface area contributed by atoms with Crippen molar-refractivity contribution in [3.8, 4) is 0 Å². The number of aliphatic hydroxyl groups excluding tert-OH is 1. The summed E-state index contributed by atoms with van der Waals surface area (Å²) >= 11 is 6.53. The van der Waals surface area contributed by atoms with Crippen molar-refractivity contribution in [2.24, 2.45) is 17.8 Å². The molecule has 2 fully saturated rings. The van der Waals surface area contributed by atoms with Crippen molar-refractivity contribution in [1.29, 1.82) is 0 Å². The summed E-state index contributed by atoms with van der Waals surface area (Å²) in [6.45, 7) is 3.05. The van der Waals surface area contributed by atoms with Crippen LogP contribution in [-0.4, -0.2) is 35.6 Å². The average molecular weight is 410 g/mol. The predicted molar refractivity (Wildman–Crippen MR) is 118 cm³/mol. The van der Waals surface area contributed by atoms with Crippen LogP contribution in [0.3, 0.4) is 0 Å². The van der Waals surface area contributed by atoms with Gasteiger partial charge in [0.05, 0.1) is 12.3 Å². The molecule has 0 aromatic heterocycles. The van der Waals surface area contributed by atoms with Crippen molar-refractivity contribution >= 4 is 11.6 Å². The van der Waals surface area contributed by atoms with Crippen LogP contribution in [-0.2, 0) is 0 Å². The first kappa shape index (κ1) is 22.3. The van der Waals surface area contributed by atoms with E-state index in [1.165, 1.54) is 32.1 Å². The summed E-state index contributed by atoms with van der Waals surface area (Å²) in [6.07, 6.45) is 21.0. The van der Waals surface area contributed by atoms with Crippen molar-refractivity contribution in [3.05, 3.63) is 24.3 Å². The Labute approximate surface area is 176 Å². The van der Waals surface area contributed by atoms with Crippen molar-refractivity contribution < 1.29 is 5.11 Å². The highest BCUT2D eigenvalue weighted by Gasteiger charge is 2.37. The lowest BCUT2D eigenvalue weighted by Crippen LogP contribution is -2.66. The van der Waals surface area contributed by atoms with Gasteiger partial charge in [0, 0.05) is 18.5 Å². The Hall–Kier alpha value is -0.390.